The number of rotatable bonds is 5. The summed E-state index contributed by atoms with van der Waals surface area (Å²) in [7, 11) is 0. The molecular formula is C20H24ClN2. The molecule has 0 aliphatic carbocycles. The second-order valence-corrected chi connectivity index (χ2v) is 6.81. The van der Waals surface area contributed by atoms with Crippen molar-refractivity contribution in [3.05, 3.63) is 78.3 Å². The lowest BCUT2D eigenvalue weighted by Gasteiger charge is -2.40. The summed E-state index contributed by atoms with van der Waals surface area (Å²) in [4.78, 5) is 4.93. The molecule has 0 saturated carbocycles. The fraction of sp³-hybridized carbons (Fsp3) is 0.350. The van der Waals surface area contributed by atoms with Gasteiger partial charge in [0.25, 0.3) is 0 Å². The van der Waals surface area contributed by atoms with E-state index < -0.39 is 0 Å². The molecule has 0 aromatic heterocycles. The number of alkyl halides is 1. The lowest BCUT2D eigenvalue weighted by molar-refractivity contribution is 0.127. The number of nitrogens with zero attached hydrogens (tertiary/aromatic N) is 2. The highest BCUT2D eigenvalue weighted by atomic mass is 35.5. The summed E-state index contributed by atoms with van der Waals surface area (Å²) in [6.45, 7) is 8.33. The molecule has 2 aromatic carbocycles. The van der Waals surface area contributed by atoms with Crippen LogP contribution in [0.25, 0.3) is 0 Å². The van der Waals surface area contributed by atoms with Gasteiger partial charge in [-0.3, -0.25) is 9.80 Å². The molecule has 0 N–H and O–H groups in total. The summed E-state index contributed by atoms with van der Waals surface area (Å²) < 4.78 is 0. The molecule has 3 heteroatoms. The Kier molecular flexibility index (Phi) is 5.71. The van der Waals surface area contributed by atoms with Crippen molar-refractivity contribution in [2.75, 3.05) is 26.2 Å². The molecular weight excluding hydrogens is 304 g/mol. The lowest BCUT2D eigenvalue weighted by atomic mass is 9.96. The standard InChI is InChI=1S/C20H24ClN2/c1-17(21)16-22-12-14-23(15-13-22)20(18-8-4-2-5-9-18)19-10-6-3-7-11-19/h2-11,16-17,20H,12-15H2,1H3. The fourth-order valence-electron chi connectivity index (χ4n) is 3.32. The van der Waals surface area contributed by atoms with Crippen molar-refractivity contribution in [3.63, 3.8) is 0 Å². The van der Waals surface area contributed by atoms with Crippen molar-refractivity contribution in [1.29, 1.82) is 0 Å². The number of benzene rings is 2. The SMILES string of the molecule is CC(Cl)[CH]N1CCN(C(c2ccccc2)c2ccccc2)CC1. The fourth-order valence-corrected chi connectivity index (χ4v) is 3.48. The van der Waals surface area contributed by atoms with Crippen LogP contribution in [0.5, 0.6) is 0 Å². The summed E-state index contributed by atoms with van der Waals surface area (Å²) in [5.74, 6) is 0. The number of halogens is 1. The maximum atomic E-state index is 6.09. The quantitative estimate of drug-likeness (QED) is 0.760. The second kappa shape index (κ2) is 7.96. The van der Waals surface area contributed by atoms with Crippen LogP contribution in [0.2, 0.25) is 0 Å². The van der Waals surface area contributed by atoms with Gasteiger partial charge in [-0.15, -0.1) is 11.6 Å². The minimum absolute atomic E-state index is 0.0978. The maximum Gasteiger partial charge on any atom is 0.0602 e. The smallest absolute Gasteiger partial charge is 0.0602 e. The van der Waals surface area contributed by atoms with Gasteiger partial charge in [0, 0.05) is 38.1 Å². The van der Waals surface area contributed by atoms with Crippen molar-refractivity contribution in [3.8, 4) is 0 Å². The monoisotopic (exact) mass is 327 g/mol. The van der Waals surface area contributed by atoms with Gasteiger partial charge in [-0.05, 0) is 18.1 Å². The summed E-state index contributed by atoms with van der Waals surface area (Å²) in [5, 5.41) is 0.0978. The van der Waals surface area contributed by atoms with Gasteiger partial charge in [0.15, 0.2) is 0 Å². The molecule has 0 bridgehead atoms. The molecule has 1 aliphatic heterocycles. The van der Waals surface area contributed by atoms with Crippen LogP contribution >= 0.6 is 11.6 Å². The molecule has 1 radical (unpaired) electrons. The number of hydrogen-bond donors (Lipinski definition) is 0. The van der Waals surface area contributed by atoms with Crippen LogP contribution in [0.15, 0.2) is 60.7 Å². The van der Waals surface area contributed by atoms with Gasteiger partial charge >= 0.3 is 0 Å². The predicted octanol–water partition coefficient (Wildman–Crippen LogP) is 4.18. The highest BCUT2D eigenvalue weighted by molar-refractivity contribution is 6.21. The van der Waals surface area contributed by atoms with E-state index in [4.69, 9.17) is 11.6 Å². The van der Waals surface area contributed by atoms with Crippen molar-refractivity contribution in [2.24, 2.45) is 0 Å². The summed E-state index contributed by atoms with van der Waals surface area (Å²) in [6.07, 6.45) is 0. The van der Waals surface area contributed by atoms with Crippen LogP contribution in [0.4, 0.5) is 0 Å². The van der Waals surface area contributed by atoms with E-state index in [1.165, 1.54) is 11.1 Å². The molecule has 1 aliphatic rings. The summed E-state index contributed by atoms with van der Waals surface area (Å²) in [6, 6.07) is 21.9. The van der Waals surface area contributed by atoms with E-state index in [9.17, 15) is 0 Å². The molecule has 1 unspecified atom stereocenters. The number of piperazine rings is 1. The Morgan fingerprint density at radius 2 is 1.30 bits per heavy atom. The average Bonchev–Trinajstić information content (AvgIpc) is 2.58. The number of hydrogen-bond acceptors (Lipinski definition) is 2. The molecule has 0 spiro atoms. The van der Waals surface area contributed by atoms with Crippen LogP contribution in [0, 0.1) is 6.54 Å². The zero-order valence-electron chi connectivity index (χ0n) is 13.6. The first-order valence-corrected chi connectivity index (χ1v) is 8.75. The first kappa shape index (κ1) is 16.5. The summed E-state index contributed by atoms with van der Waals surface area (Å²) >= 11 is 6.09. The lowest BCUT2D eigenvalue weighted by Crippen LogP contribution is -2.47. The molecule has 1 atom stereocenters. The Morgan fingerprint density at radius 1 is 0.826 bits per heavy atom. The van der Waals surface area contributed by atoms with Crippen LogP contribution < -0.4 is 0 Å². The Balaban J connectivity index is 1.78. The molecule has 3 rings (SSSR count). The summed E-state index contributed by atoms with van der Waals surface area (Å²) in [5.41, 5.74) is 2.73. The zero-order chi connectivity index (χ0) is 16.1. The van der Waals surface area contributed by atoms with Gasteiger partial charge in [0.05, 0.1) is 6.04 Å². The molecule has 121 valence electrons. The van der Waals surface area contributed by atoms with Crippen LogP contribution in [0.3, 0.4) is 0 Å². The Morgan fingerprint density at radius 3 is 1.74 bits per heavy atom. The van der Waals surface area contributed by atoms with Crippen molar-refractivity contribution < 1.29 is 0 Å². The van der Waals surface area contributed by atoms with Gasteiger partial charge in [0.1, 0.15) is 0 Å². The predicted molar refractivity (Wildman–Crippen MR) is 97.5 cm³/mol. The van der Waals surface area contributed by atoms with Crippen molar-refractivity contribution >= 4 is 11.6 Å². The average molecular weight is 328 g/mol. The first-order chi connectivity index (χ1) is 11.2. The van der Waals surface area contributed by atoms with Gasteiger partial charge < -0.3 is 0 Å². The van der Waals surface area contributed by atoms with Gasteiger partial charge in [-0.1, -0.05) is 60.7 Å². The molecule has 2 aromatic rings. The third kappa shape index (κ3) is 4.35. The van der Waals surface area contributed by atoms with E-state index in [1.807, 2.05) is 6.92 Å². The normalized spacial score (nSPS) is 18.2. The highest BCUT2D eigenvalue weighted by Crippen LogP contribution is 2.29. The largest absolute Gasteiger partial charge is 0.295 e. The Hall–Kier alpha value is -1.35. The molecule has 2 nitrogen and oxygen atoms in total. The van der Waals surface area contributed by atoms with Gasteiger partial charge in [-0.2, -0.15) is 0 Å². The van der Waals surface area contributed by atoms with Crippen molar-refractivity contribution in [1.82, 2.24) is 9.80 Å². The van der Waals surface area contributed by atoms with E-state index >= 15 is 0 Å². The molecule has 1 saturated heterocycles. The Labute approximate surface area is 144 Å². The minimum Gasteiger partial charge on any atom is -0.295 e. The van der Waals surface area contributed by atoms with E-state index in [1.54, 1.807) is 0 Å². The minimum atomic E-state index is 0.0978. The van der Waals surface area contributed by atoms with Crippen molar-refractivity contribution in [2.45, 2.75) is 18.3 Å². The molecule has 0 amide bonds. The zero-order valence-corrected chi connectivity index (χ0v) is 14.4. The Bertz CT molecular complexity index is 538. The van der Waals surface area contributed by atoms with E-state index in [2.05, 4.69) is 77.0 Å². The van der Waals surface area contributed by atoms with Gasteiger partial charge in [-0.25, -0.2) is 0 Å². The molecule has 1 fully saturated rings. The highest BCUT2D eigenvalue weighted by Gasteiger charge is 2.26. The third-order valence-corrected chi connectivity index (χ3v) is 4.47. The van der Waals surface area contributed by atoms with E-state index in [-0.39, 0.29) is 5.38 Å². The molecule has 1 heterocycles. The molecule has 23 heavy (non-hydrogen) atoms. The van der Waals surface area contributed by atoms with Gasteiger partial charge in [0.2, 0.25) is 0 Å². The van der Waals surface area contributed by atoms with Crippen LogP contribution in [-0.4, -0.2) is 41.4 Å². The second-order valence-electron chi connectivity index (χ2n) is 6.12. The van der Waals surface area contributed by atoms with E-state index in [0.717, 1.165) is 26.2 Å². The first-order valence-electron chi connectivity index (χ1n) is 8.31. The maximum absolute atomic E-state index is 6.09. The topological polar surface area (TPSA) is 6.48 Å². The van der Waals surface area contributed by atoms with E-state index in [0.29, 0.717) is 6.04 Å². The van der Waals surface area contributed by atoms with Crippen LogP contribution in [-0.2, 0) is 0 Å². The third-order valence-electron chi connectivity index (χ3n) is 4.36. The van der Waals surface area contributed by atoms with Crippen LogP contribution in [0.1, 0.15) is 24.1 Å².